The van der Waals surface area contributed by atoms with E-state index in [2.05, 4.69) is 15.8 Å². The molecule has 1 aliphatic rings. The quantitative estimate of drug-likeness (QED) is 0.621. The molecule has 26 heavy (non-hydrogen) atoms. The summed E-state index contributed by atoms with van der Waals surface area (Å²) in [4.78, 5) is 29.2. The number of benzene rings is 1. The molecule has 3 rings (SSSR count). The van der Waals surface area contributed by atoms with E-state index < -0.39 is 11.8 Å². The SMILES string of the molecule is CSc1nc(C2CC2)cc(C(=O)NNC(=O)c2ccccc2Cl)c1C#N. The number of nitrogens with zero attached hydrogens (tertiary/aromatic N) is 2. The number of nitrogens with one attached hydrogen (secondary N) is 2. The number of hydrogen-bond acceptors (Lipinski definition) is 5. The Balaban J connectivity index is 1.81. The molecule has 0 aliphatic heterocycles. The van der Waals surface area contributed by atoms with Crippen molar-refractivity contribution < 1.29 is 9.59 Å². The highest BCUT2D eigenvalue weighted by Crippen LogP contribution is 2.40. The molecule has 0 radical (unpaired) electrons. The van der Waals surface area contributed by atoms with Gasteiger partial charge in [0.2, 0.25) is 0 Å². The van der Waals surface area contributed by atoms with Crippen LogP contribution in [0.5, 0.6) is 0 Å². The Morgan fingerprint density at radius 3 is 2.46 bits per heavy atom. The molecule has 2 N–H and O–H groups in total. The average Bonchev–Trinajstić information content (AvgIpc) is 3.50. The lowest BCUT2D eigenvalue weighted by Crippen LogP contribution is -2.42. The molecule has 1 fully saturated rings. The Kier molecular flexibility index (Phi) is 5.45. The molecule has 0 saturated heterocycles. The van der Waals surface area contributed by atoms with Gasteiger partial charge < -0.3 is 0 Å². The van der Waals surface area contributed by atoms with Crippen molar-refractivity contribution in [3.8, 4) is 6.07 Å². The number of carbonyl (C=O) groups excluding carboxylic acids is 2. The van der Waals surface area contributed by atoms with E-state index in [-0.39, 0.29) is 21.7 Å². The molecule has 1 aliphatic carbocycles. The predicted octanol–water partition coefficient (Wildman–Crippen LogP) is 3.28. The second-order valence-corrected chi connectivity index (χ2v) is 6.96. The van der Waals surface area contributed by atoms with Gasteiger partial charge in [-0.1, -0.05) is 23.7 Å². The van der Waals surface area contributed by atoms with Crippen LogP contribution in [0.3, 0.4) is 0 Å². The number of halogens is 1. The summed E-state index contributed by atoms with van der Waals surface area (Å²) in [6.07, 6.45) is 3.86. The van der Waals surface area contributed by atoms with Gasteiger partial charge in [-0.2, -0.15) is 5.26 Å². The van der Waals surface area contributed by atoms with Crippen LogP contribution in [0.4, 0.5) is 0 Å². The van der Waals surface area contributed by atoms with Gasteiger partial charge in [-0.3, -0.25) is 20.4 Å². The number of rotatable bonds is 4. The fourth-order valence-corrected chi connectivity index (χ4v) is 3.24. The van der Waals surface area contributed by atoms with E-state index in [0.717, 1.165) is 18.5 Å². The molecule has 1 heterocycles. The third-order valence-corrected chi connectivity index (χ3v) is 4.97. The van der Waals surface area contributed by atoms with Gasteiger partial charge in [0.15, 0.2) is 0 Å². The summed E-state index contributed by atoms with van der Waals surface area (Å²) < 4.78 is 0. The van der Waals surface area contributed by atoms with Crippen LogP contribution in [-0.4, -0.2) is 23.1 Å². The summed E-state index contributed by atoms with van der Waals surface area (Å²) in [7, 11) is 0. The van der Waals surface area contributed by atoms with Crippen molar-refractivity contribution in [2.45, 2.75) is 23.8 Å². The molecule has 0 unspecified atom stereocenters. The predicted molar refractivity (Wildman–Crippen MR) is 99.1 cm³/mol. The maximum atomic E-state index is 12.6. The number of hydrogen-bond donors (Lipinski definition) is 2. The van der Waals surface area contributed by atoms with E-state index in [1.807, 2.05) is 6.07 Å². The second kappa shape index (κ2) is 7.77. The molecule has 2 amide bonds. The van der Waals surface area contributed by atoms with Gasteiger partial charge in [-0.05, 0) is 37.3 Å². The first-order chi connectivity index (χ1) is 12.5. The Morgan fingerprint density at radius 2 is 1.88 bits per heavy atom. The number of thioether (sulfide) groups is 1. The van der Waals surface area contributed by atoms with Gasteiger partial charge in [0.1, 0.15) is 11.1 Å². The van der Waals surface area contributed by atoms with Gasteiger partial charge in [0.25, 0.3) is 11.8 Å². The van der Waals surface area contributed by atoms with E-state index in [1.54, 1.807) is 36.6 Å². The van der Waals surface area contributed by atoms with Gasteiger partial charge in [0, 0.05) is 11.6 Å². The fourth-order valence-electron chi connectivity index (χ4n) is 2.46. The zero-order valence-electron chi connectivity index (χ0n) is 13.9. The molecule has 1 aromatic carbocycles. The standard InChI is InChI=1S/C18H15ClN4O2S/c1-26-18-13(9-20)12(8-15(21-18)10-6-7-10)17(25)23-22-16(24)11-4-2-3-5-14(11)19/h2-5,8,10H,6-7H2,1H3,(H,22,24)(H,23,25). The zero-order chi connectivity index (χ0) is 18.7. The Labute approximate surface area is 159 Å². The van der Waals surface area contributed by atoms with Crippen LogP contribution in [-0.2, 0) is 0 Å². The summed E-state index contributed by atoms with van der Waals surface area (Å²) in [5, 5.41) is 10.2. The van der Waals surface area contributed by atoms with E-state index in [0.29, 0.717) is 10.9 Å². The topological polar surface area (TPSA) is 94.9 Å². The van der Waals surface area contributed by atoms with Gasteiger partial charge >= 0.3 is 0 Å². The van der Waals surface area contributed by atoms with E-state index in [1.165, 1.54) is 11.8 Å². The number of carbonyl (C=O) groups is 2. The van der Waals surface area contributed by atoms with Crippen LogP contribution in [0.25, 0.3) is 0 Å². The number of amides is 2. The first kappa shape index (κ1) is 18.2. The Bertz CT molecular complexity index is 922. The van der Waals surface area contributed by atoms with Gasteiger partial charge in [-0.25, -0.2) is 4.98 Å². The summed E-state index contributed by atoms with van der Waals surface area (Å²) in [5.41, 5.74) is 6.13. The lowest BCUT2D eigenvalue weighted by atomic mass is 10.1. The van der Waals surface area contributed by atoms with Crippen molar-refractivity contribution in [2.24, 2.45) is 0 Å². The first-order valence-corrected chi connectivity index (χ1v) is 9.49. The zero-order valence-corrected chi connectivity index (χ0v) is 15.4. The minimum Gasteiger partial charge on any atom is -0.267 e. The molecule has 1 saturated carbocycles. The molecule has 6 nitrogen and oxygen atoms in total. The molecule has 132 valence electrons. The molecule has 0 spiro atoms. The minimum atomic E-state index is -0.568. The van der Waals surface area contributed by atoms with Crippen molar-refractivity contribution in [1.29, 1.82) is 5.26 Å². The van der Waals surface area contributed by atoms with Crippen LogP contribution in [0.2, 0.25) is 5.02 Å². The van der Waals surface area contributed by atoms with Crippen LogP contribution in [0.1, 0.15) is 50.7 Å². The van der Waals surface area contributed by atoms with Crippen molar-refractivity contribution in [2.75, 3.05) is 6.26 Å². The van der Waals surface area contributed by atoms with Crippen molar-refractivity contribution >= 4 is 35.2 Å². The van der Waals surface area contributed by atoms with Crippen molar-refractivity contribution in [1.82, 2.24) is 15.8 Å². The molecule has 0 bridgehead atoms. The number of pyridine rings is 1. The molecular weight excluding hydrogens is 372 g/mol. The first-order valence-electron chi connectivity index (χ1n) is 7.89. The Morgan fingerprint density at radius 1 is 1.23 bits per heavy atom. The van der Waals surface area contributed by atoms with Crippen molar-refractivity contribution in [3.63, 3.8) is 0 Å². The second-order valence-electron chi connectivity index (χ2n) is 5.75. The van der Waals surface area contributed by atoms with Gasteiger partial charge in [0.05, 0.1) is 21.7 Å². The lowest BCUT2D eigenvalue weighted by molar-refractivity contribution is 0.0846. The normalized spacial score (nSPS) is 13.0. The van der Waals surface area contributed by atoms with E-state index >= 15 is 0 Å². The summed E-state index contributed by atoms with van der Waals surface area (Å²) in [5.74, 6) is -0.775. The van der Waals surface area contributed by atoms with Crippen LogP contribution in [0.15, 0.2) is 35.4 Å². The number of hydrazine groups is 1. The number of nitriles is 1. The highest BCUT2D eigenvalue weighted by atomic mass is 35.5. The average molecular weight is 387 g/mol. The highest BCUT2D eigenvalue weighted by Gasteiger charge is 2.28. The van der Waals surface area contributed by atoms with Crippen LogP contribution in [0, 0.1) is 11.3 Å². The smallest absolute Gasteiger partial charge is 0.267 e. The summed E-state index contributed by atoms with van der Waals surface area (Å²) in [6.45, 7) is 0. The fraction of sp³-hybridized carbons (Fsp3) is 0.222. The maximum absolute atomic E-state index is 12.6. The molecule has 1 aromatic heterocycles. The Hall–Kier alpha value is -2.56. The molecule has 0 atom stereocenters. The summed E-state index contributed by atoms with van der Waals surface area (Å²) in [6, 6.07) is 10.2. The van der Waals surface area contributed by atoms with Crippen LogP contribution < -0.4 is 10.9 Å². The molecular formula is C18H15ClN4O2S. The lowest BCUT2D eigenvalue weighted by Gasteiger charge is -2.12. The third-order valence-electron chi connectivity index (χ3n) is 3.96. The molecule has 8 heteroatoms. The van der Waals surface area contributed by atoms with Gasteiger partial charge in [-0.15, -0.1) is 11.8 Å². The van der Waals surface area contributed by atoms with E-state index in [4.69, 9.17) is 11.6 Å². The largest absolute Gasteiger partial charge is 0.271 e. The third kappa shape index (κ3) is 3.82. The minimum absolute atomic E-state index is 0.200. The summed E-state index contributed by atoms with van der Waals surface area (Å²) >= 11 is 7.29. The van der Waals surface area contributed by atoms with Crippen LogP contribution >= 0.6 is 23.4 Å². The monoisotopic (exact) mass is 386 g/mol. The maximum Gasteiger partial charge on any atom is 0.271 e. The highest BCUT2D eigenvalue weighted by molar-refractivity contribution is 7.98. The van der Waals surface area contributed by atoms with E-state index in [9.17, 15) is 14.9 Å². The van der Waals surface area contributed by atoms with Crippen molar-refractivity contribution in [3.05, 3.63) is 57.7 Å². The number of aromatic nitrogens is 1. The molecule has 2 aromatic rings.